The van der Waals surface area contributed by atoms with Gasteiger partial charge >= 0.3 is 0 Å². The van der Waals surface area contributed by atoms with Crippen LogP contribution in [0.5, 0.6) is 0 Å². The highest BCUT2D eigenvalue weighted by Crippen LogP contribution is 2.18. The standard InChI is InChI=1S/C15H16N4O4/c20-15(12-3-1-2-4-14(12)19(21)22)16-6-7-18-13-5-8-23-10-11(13)9-17-18/h1-4,9H,5-8,10H2,(H,16,20). The summed E-state index contributed by atoms with van der Waals surface area (Å²) in [4.78, 5) is 22.5. The van der Waals surface area contributed by atoms with Gasteiger partial charge in [-0.15, -0.1) is 0 Å². The zero-order chi connectivity index (χ0) is 16.2. The predicted octanol–water partition coefficient (Wildman–Crippen LogP) is 1.29. The van der Waals surface area contributed by atoms with Gasteiger partial charge in [-0.05, 0) is 6.07 Å². The number of nitrogens with zero attached hydrogens (tertiary/aromatic N) is 3. The summed E-state index contributed by atoms with van der Waals surface area (Å²) in [6.07, 6.45) is 2.58. The Bertz CT molecular complexity index is 741. The Labute approximate surface area is 132 Å². The van der Waals surface area contributed by atoms with E-state index in [1.165, 1.54) is 18.2 Å². The molecule has 0 atom stereocenters. The van der Waals surface area contributed by atoms with Gasteiger partial charge in [0.25, 0.3) is 11.6 Å². The number of aromatic nitrogens is 2. The van der Waals surface area contributed by atoms with E-state index in [4.69, 9.17) is 4.74 Å². The van der Waals surface area contributed by atoms with Crippen LogP contribution in [0.4, 0.5) is 5.69 Å². The second kappa shape index (κ2) is 6.57. The van der Waals surface area contributed by atoms with Crippen molar-refractivity contribution in [2.75, 3.05) is 13.2 Å². The SMILES string of the molecule is O=C(NCCn1ncc2c1CCOC2)c1ccccc1[N+](=O)[O-]. The lowest BCUT2D eigenvalue weighted by atomic mass is 10.1. The summed E-state index contributed by atoms with van der Waals surface area (Å²) in [5.41, 5.74) is 2.06. The van der Waals surface area contributed by atoms with Crippen molar-refractivity contribution in [1.29, 1.82) is 0 Å². The van der Waals surface area contributed by atoms with Crippen LogP contribution in [0.3, 0.4) is 0 Å². The Kier molecular flexibility index (Phi) is 4.33. The lowest BCUT2D eigenvalue weighted by Crippen LogP contribution is -2.29. The number of nitro groups is 1. The van der Waals surface area contributed by atoms with Gasteiger partial charge < -0.3 is 10.1 Å². The van der Waals surface area contributed by atoms with E-state index in [1.54, 1.807) is 12.3 Å². The molecule has 8 nitrogen and oxygen atoms in total. The van der Waals surface area contributed by atoms with Gasteiger partial charge in [-0.3, -0.25) is 19.6 Å². The van der Waals surface area contributed by atoms with Crippen LogP contribution in [-0.4, -0.2) is 33.8 Å². The maximum absolute atomic E-state index is 12.1. The molecule has 0 fully saturated rings. The van der Waals surface area contributed by atoms with E-state index in [9.17, 15) is 14.9 Å². The van der Waals surface area contributed by atoms with Gasteiger partial charge in [0.1, 0.15) is 5.56 Å². The van der Waals surface area contributed by atoms with Crippen molar-refractivity contribution in [2.24, 2.45) is 0 Å². The lowest BCUT2D eigenvalue weighted by Gasteiger charge is -2.14. The fourth-order valence-corrected chi connectivity index (χ4v) is 2.60. The molecular weight excluding hydrogens is 300 g/mol. The monoisotopic (exact) mass is 316 g/mol. The van der Waals surface area contributed by atoms with Crippen molar-refractivity contribution in [3.8, 4) is 0 Å². The molecule has 23 heavy (non-hydrogen) atoms. The topological polar surface area (TPSA) is 99.3 Å². The van der Waals surface area contributed by atoms with E-state index in [-0.39, 0.29) is 11.3 Å². The number of para-hydroxylation sites is 1. The Hall–Kier alpha value is -2.74. The average Bonchev–Trinajstić information content (AvgIpc) is 2.98. The van der Waals surface area contributed by atoms with E-state index in [2.05, 4.69) is 10.4 Å². The molecule has 8 heteroatoms. The van der Waals surface area contributed by atoms with Gasteiger partial charge in [0, 0.05) is 30.3 Å². The fourth-order valence-electron chi connectivity index (χ4n) is 2.60. The van der Waals surface area contributed by atoms with Gasteiger partial charge in [0.2, 0.25) is 0 Å². The number of hydrogen-bond donors (Lipinski definition) is 1. The summed E-state index contributed by atoms with van der Waals surface area (Å²) in [5, 5.41) is 17.9. The molecule has 1 aromatic heterocycles. The number of nitrogens with one attached hydrogen (secondary N) is 1. The molecular formula is C15H16N4O4. The minimum Gasteiger partial charge on any atom is -0.376 e. The normalized spacial score (nSPS) is 13.4. The first-order valence-corrected chi connectivity index (χ1v) is 7.29. The zero-order valence-corrected chi connectivity index (χ0v) is 12.4. The maximum atomic E-state index is 12.1. The first-order chi connectivity index (χ1) is 11.2. The molecule has 1 amide bonds. The largest absolute Gasteiger partial charge is 0.376 e. The molecule has 0 radical (unpaired) electrons. The quantitative estimate of drug-likeness (QED) is 0.662. The van der Waals surface area contributed by atoms with Crippen LogP contribution in [0.2, 0.25) is 0 Å². The third kappa shape index (κ3) is 3.21. The molecule has 1 aliphatic rings. The number of carbonyl (C=O) groups excluding carboxylic acids is 1. The smallest absolute Gasteiger partial charge is 0.282 e. The van der Waals surface area contributed by atoms with Crippen molar-refractivity contribution >= 4 is 11.6 Å². The van der Waals surface area contributed by atoms with Gasteiger partial charge in [0.05, 0.1) is 30.9 Å². The van der Waals surface area contributed by atoms with E-state index in [0.29, 0.717) is 26.3 Å². The highest BCUT2D eigenvalue weighted by Gasteiger charge is 2.19. The third-order valence-electron chi connectivity index (χ3n) is 3.73. The summed E-state index contributed by atoms with van der Waals surface area (Å²) in [5.74, 6) is -0.457. The first kappa shape index (κ1) is 15.2. The number of carbonyl (C=O) groups is 1. The highest BCUT2D eigenvalue weighted by atomic mass is 16.6. The van der Waals surface area contributed by atoms with Crippen molar-refractivity contribution in [2.45, 2.75) is 19.6 Å². The van der Waals surface area contributed by atoms with Crippen LogP contribution in [0, 0.1) is 10.1 Å². The highest BCUT2D eigenvalue weighted by molar-refractivity contribution is 5.98. The van der Waals surface area contributed by atoms with E-state index >= 15 is 0 Å². The number of rotatable bonds is 5. The Morgan fingerprint density at radius 3 is 3.09 bits per heavy atom. The number of nitro benzene ring substituents is 1. The van der Waals surface area contributed by atoms with Gasteiger partial charge in [-0.1, -0.05) is 12.1 Å². The summed E-state index contributed by atoms with van der Waals surface area (Å²) >= 11 is 0. The first-order valence-electron chi connectivity index (χ1n) is 7.29. The molecule has 2 heterocycles. The Morgan fingerprint density at radius 1 is 1.43 bits per heavy atom. The molecule has 120 valence electrons. The zero-order valence-electron chi connectivity index (χ0n) is 12.4. The summed E-state index contributed by atoms with van der Waals surface area (Å²) in [6, 6.07) is 5.90. The van der Waals surface area contributed by atoms with Crippen LogP contribution in [0.1, 0.15) is 21.6 Å². The van der Waals surface area contributed by atoms with Crippen molar-refractivity contribution in [3.05, 3.63) is 57.4 Å². The molecule has 1 N–H and O–H groups in total. The molecule has 0 bridgehead atoms. The molecule has 0 saturated heterocycles. The maximum Gasteiger partial charge on any atom is 0.282 e. The summed E-state index contributed by atoms with van der Waals surface area (Å²) < 4.78 is 7.20. The Balaban J connectivity index is 1.62. The van der Waals surface area contributed by atoms with Crippen molar-refractivity contribution < 1.29 is 14.5 Å². The van der Waals surface area contributed by atoms with Crippen LogP contribution in [0.15, 0.2) is 30.5 Å². The molecule has 3 rings (SSSR count). The predicted molar refractivity (Wildman–Crippen MR) is 81.0 cm³/mol. The molecule has 0 aliphatic carbocycles. The molecule has 1 aliphatic heterocycles. The second-order valence-electron chi connectivity index (χ2n) is 5.17. The fraction of sp³-hybridized carbons (Fsp3) is 0.333. The van der Waals surface area contributed by atoms with Gasteiger partial charge in [-0.2, -0.15) is 5.10 Å². The number of fused-ring (bicyclic) bond motifs is 1. The van der Waals surface area contributed by atoms with E-state index < -0.39 is 10.8 Å². The molecule has 0 unspecified atom stereocenters. The van der Waals surface area contributed by atoms with Gasteiger partial charge in [0.15, 0.2) is 0 Å². The van der Waals surface area contributed by atoms with Crippen LogP contribution in [0.25, 0.3) is 0 Å². The van der Waals surface area contributed by atoms with Crippen LogP contribution in [-0.2, 0) is 24.3 Å². The summed E-state index contributed by atoms with van der Waals surface area (Å²) in [6.45, 7) is 2.10. The van der Waals surface area contributed by atoms with E-state index in [0.717, 1.165) is 17.7 Å². The number of amides is 1. The molecule has 0 saturated carbocycles. The van der Waals surface area contributed by atoms with Crippen LogP contribution >= 0.6 is 0 Å². The minimum atomic E-state index is -0.557. The Morgan fingerprint density at radius 2 is 2.26 bits per heavy atom. The third-order valence-corrected chi connectivity index (χ3v) is 3.73. The van der Waals surface area contributed by atoms with Crippen molar-refractivity contribution in [1.82, 2.24) is 15.1 Å². The molecule has 0 spiro atoms. The van der Waals surface area contributed by atoms with Crippen LogP contribution < -0.4 is 5.32 Å². The molecule has 2 aromatic rings. The van der Waals surface area contributed by atoms with E-state index in [1.807, 2.05) is 4.68 Å². The lowest BCUT2D eigenvalue weighted by molar-refractivity contribution is -0.385. The average molecular weight is 316 g/mol. The van der Waals surface area contributed by atoms with Crippen molar-refractivity contribution in [3.63, 3.8) is 0 Å². The van der Waals surface area contributed by atoms with Gasteiger partial charge in [-0.25, -0.2) is 0 Å². The minimum absolute atomic E-state index is 0.0633. The number of ether oxygens (including phenoxy) is 1. The summed E-state index contributed by atoms with van der Waals surface area (Å²) in [7, 11) is 0. The number of hydrogen-bond acceptors (Lipinski definition) is 5. The second-order valence-corrected chi connectivity index (χ2v) is 5.17. The number of benzene rings is 1. The molecule has 1 aromatic carbocycles.